The van der Waals surface area contributed by atoms with E-state index >= 15 is 0 Å². The van der Waals surface area contributed by atoms with Crippen molar-refractivity contribution in [2.75, 3.05) is 6.61 Å². The molecule has 1 amide bonds. The number of carbonyl (C=O) groups is 1. The molecule has 37 heavy (non-hydrogen) atoms. The van der Waals surface area contributed by atoms with E-state index in [1.807, 2.05) is 0 Å². The summed E-state index contributed by atoms with van der Waals surface area (Å²) in [7, 11) is 0. The van der Waals surface area contributed by atoms with Crippen LogP contribution in [0.1, 0.15) is 136 Å². The highest BCUT2D eigenvalue weighted by atomic mass is 16.3. The fourth-order valence-electron chi connectivity index (χ4n) is 4.37. The third-order valence-corrected chi connectivity index (χ3v) is 6.92. The Hall–Kier alpha value is -1.21. The van der Waals surface area contributed by atoms with E-state index < -0.39 is 36.9 Å². The molecule has 4 unspecified atom stereocenters. The van der Waals surface area contributed by atoms with E-state index in [9.17, 15) is 25.2 Å². The van der Waals surface area contributed by atoms with Crippen LogP contribution in [0.3, 0.4) is 0 Å². The maximum atomic E-state index is 12.3. The van der Waals surface area contributed by atoms with Gasteiger partial charge in [0.1, 0.15) is 12.2 Å². The molecule has 6 nitrogen and oxygen atoms in total. The zero-order valence-corrected chi connectivity index (χ0v) is 24.0. The Morgan fingerprint density at radius 1 is 0.676 bits per heavy atom. The molecular weight excluding hydrogens is 466 g/mol. The van der Waals surface area contributed by atoms with Gasteiger partial charge in [-0.15, -0.1) is 0 Å². The molecule has 0 bridgehead atoms. The van der Waals surface area contributed by atoms with Crippen molar-refractivity contribution < 1.29 is 25.2 Å². The van der Waals surface area contributed by atoms with Gasteiger partial charge in [0.2, 0.25) is 5.91 Å². The van der Waals surface area contributed by atoms with Crippen LogP contribution in [0.4, 0.5) is 0 Å². The summed E-state index contributed by atoms with van der Waals surface area (Å²) in [6.45, 7) is 3.88. The van der Waals surface area contributed by atoms with Crippen LogP contribution in [0.5, 0.6) is 0 Å². The highest BCUT2D eigenvalue weighted by Gasteiger charge is 2.28. The van der Waals surface area contributed by atoms with E-state index in [0.29, 0.717) is 12.8 Å². The molecule has 4 atom stereocenters. The Morgan fingerprint density at radius 2 is 1.16 bits per heavy atom. The first-order valence-corrected chi connectivity index (χ1v) is 15.2. The lowest BCUT2D eigenvalue weighted by atomic mass is 9.99. The lowest BCUT2D eigenvalue weighted by molar-refractivity contribution is -0.132. The predicted molar refractivity (Wildman–Crippen MR) is 154 cm³/mol. The normalized spacial score (nSPS) is 15.3. The molecule has 218 valence electrons. The SMILES string of the molecule is CCCCC/C=C\C/C=C\CCCCCCCCC(O)C(=O)NC(CO)C(O)C(O)CCCCCCC. The summed E-state index contributed by atoms with van der Waals surface area (Å²) in [4.78, 5) is 12.3. The van der Waals surface area contributed by atoms with E-state index in [4.69, 9.17) is 0 Å². The molecule has 6 heteroatoms. The second-order valence-electron chi connectivity index (χ2n) is 10.4. The average molecular weight is 526 g/mol. The molecule has 0 fully saturated rings. The van der Waals surface area contributed by atoms with Crippen molar-refractivity contribution in [3.8, 4) is 0 Å². The van der Waals surface area contributed by atoms with Crippen molar-refractivity contribution in [3.63, 3.8) is 0 Å². The minimum atomic E-state index is -1.26. The van der Waals surface area contributed by atoms with Crippen LogP contribution in [0.2, 0.25) is 0 Å². The van der Waals surface area contributed by atoms with Gasteiger partial charge in [-0.05, 0) is 44.9 Å². The highest BCUT2D eigenvalue weighted by Crippen LogP contribution is 2.13. The zero-order chi connectivity index (χ0) is 27.6. The van der Waals surface area contributed by atoms with Crippen LogP contribution in [0, 0.1) is 0 Å². The van der Waals surface area contributed by atoms with Crippen molar-refractivity contribution in [1.82, 2.24) is 5.32 Å². The topological polar surface area (TPSA) is 110 Å². The summed E-state index contributed by atoms with van der Waals surface area (Å²) in [5, 5.41) is 42.8. The van der Waals surface area contributed by atoms with Crippen molar-refractivity contribution in [1.29, 1.82) is 0 Å². The quantitative estimate of drug-likeness (QED) is 0.0691. The molecule has 0 aliphatic carbocycles. The summed E-state index contributed by atoms with van der Waals surface area (Å²) in [5.41, 5.74) is 0. The van der Waals surface area contributed by atoms with Gasteiger partial charge < -0.3 is 25.7 Å². The summed E-state index contributed by atoms with van der Waals surface area (Å²) in [6.07, 6.45) is 25.1. The van der Waals surface area contributed by atoms with E-state index in [0.717, 1.165) is 70.6 Å². The number of aliphatic hydroxyl groups is 4. The van der Waals surface area contributed by atoms with E-state index in [1.165, 1.54) is 38.5 Å². The first-order chi connectivity index (χ1) is 18.0. The van der Waals surface area contributed by atoms with Crippen LogP contribution in [0.15, 0.2) is 24.3 Å². The number of amides is 1. The summed E-state index contributed by atoms with van der Waals surface area (Å²) >= 11 is 0. The van der Waals surface area contributed by atoms with Crippen LogP contribution >= 0.6 is 0 Å². The average Bonchev–Trinajstić information content (AvgIpc) is 2.90. The van der Waals surface area contributed by atoms with Gasteiger partial charge in [-0.25, -0.2) is 0 Å². The molecule has 0 aliphatic heterocycles. The molecule has 0 radical (unpaired) electrons. The number of carbonyl (C=O) groups excluding carboxylic acids is 1. The van der Waals surface area contributed by atoms with E-state index in [1.54, 1.807) is 0 Å². The molecule has 0 saturated heterocycles. The number of unbranched alkanes of at least 4 members (excludes halogenated alkanes) is 13. The van der Waals surface area contributed by atoms with E-state index in [2.05, 4.69) is 43.5 Å². The van der Waals surface area contributed by atoms with Gasteiger partial charge in [0.05, 0.1) is 18.8 Å². The summed E-state index contributed by atoms with van der Waals surface area (Å²) in [5.74, 6) is -0.601. The molecule has 0 aliphatic rings. The molecule has 5 N–H and O–H groups in total. The van der Waals surface area contributed by atoms with E-state index in [-0.39, 0.29) is 0 Å². The summed E-state index contributed by atoms with van der Waals surface area (Å²) in [6, 6.07) is -0.983. The monoisotopic (exact) mass is 525 g/mol. The molecule has 0 aromatic carbocycles. The van der Waals surface area contributed by atoms with Crippen molar-refractivity contribution >= 4 is 5.91 Å². The number of hydrogen-bond acceptors (Lipinski definition) is 5. The number of hydrogen-bond donors (Lipinski definition) is 5. The Balaban J connectivity index is 3.85. The summed E-state index contributed by atoms with van der Waals surface area (Å²) < 4.78 is 0. The third-order valence-electron chi connectivity index (χ3n) is 6.92. The van der Waals surface area contributed by atoms with Gasteiger partial charge in [0, 0.05) is 0 Å². The number of aliphatic hydroxyl groups excluding tert-OH is 4. The van der Waals surface area contributed by atoms with Gasteiger partial charge in [-0.1, -0.05) is 115 Å². The van der Waals surface area contributed by atoms with Crippen LogP contribution in [0.25, 0.3) is 0 Å². The molecule has 0 aromatic heterocycles. The number of allylic oxidation sites excluding steroid dienone is 4. The van der Waals surface area contributed by atoms with Gasteiger partial charge in [-0.3, -0.25) is 4.79 Å². The standard InChI is InChI=1S/C31H59NO5/c1-3-5-7-9-10-11-12-13-14-15-16-17-18-19-21-23-25-29(35)31(37)32-27(26-33)30(36)28(34)24-22-20-8-6-4-2/h10-11,13-14,27-30,33-36H,3-9,12,15-26H2,1-2H3,(H,32,37)/b11-10-,14-13-. The van der Waals surface area contributed by atoms with Crippen molar-refractivity contribution in [3.05, 3.63) is 24.3 Å². The van der Waals surface area contributed by atoms with Crippen LogP contribution in [-0.2, 0) is 4.79 Å². The molecule has 0 heterocycles. The fourth-order valence-corrected chi connectivity index (χ4v) is 4.37. The first-order valence-electron chi connectivity index (χ1n) is 15.2. The van der Waals surface area contributed by atoms with Gasteiger partial charge in [-0.2, -0.15) is 0 Å². The van der Waals surface area contributed by atoms with Crippen LogP contribution < -0.4 is 5.32 Å². The van der Waals surface area contributed by atoms with Gasteiger partial charge >= 0.3 is 0 Å². The molecule has 0 aromatic rings. The molecule has 0 saturated carbocycles. The molecule has 0 rings (SSSR count). The largest absolute Gasteiger partial charge is 0.394 e. The smallest absolute Gasteiger partial charge is 0.249 e. The molecule has 0 spiro atoms. The highest BCUT2D eigenvalue weighted by molar-refractivity contribution is 5.80. The fraction of sp³-hybridized carbons (Fsp3) is 0.839. The van der Waals surface area contributed by atoms with Crippen LogP contribution in [-0.4, -0.2) is 57.3 Å². The predicted octanol–water partition coefficient (Wildman–Crippen LogP) is 6.11. The first kappa shape index (κ1) is 35.8. The Morgan fingerprint density at radius 3 is 1.76 bits per heavy atom. The minimum absolute atomic E-state index is 0.356. The Bertz CT molecular complexity index is 566. The second-order valence-corrected chi connectivity index (χ2v) is 10.4. The zero-order valence-electron chi connectivity index (χ0n) is 24.0. The van der Waals surface area contributed by atoms with Gasteiger partial charge in [0.15, 0.2) is 0 Å². The Labute approximate surface area is 227 Å². The lowest BCUT2D eigenvalue weighted by Gasteiger charge is -2.27. The van der Waals surface area contributed by atoms with Crippen molar-refractivity contribution in [2.45, 2.75) is 160 Å². The maximum absolute atomic E-state index is 12.3. The second kappa shape index (κ2) is 26.4. The van der Waals surface area contributed by atoms with Gasteiger partial charge in [0.25, 0.3) is 0 Å². The third kappa shape index (κ3) is 21.4. The number of rotatable bonds is 26. The number of nitrogens with one attached hydrogen (secondary N) is 1. The maximum Gasteiger partial charge on any atom is 0.249 e. The molecular formula is C31H59NO5. The van der Waals surface area contributed by atoms with Crippen molar-refractivity contribution in [2.24, 2.45) is 0 Å². The lowest BCUT2D eigenvalue weighted by Crippen LogP contribution is -2.53. The Kier molecular flexibility index (Phi) is 25.5. The minimum Gasteiger partial charge on any atom is -0.394 e.